The number of carbonyl (C=O) groups excluding carboxylic acids is 1. The summed E-state index contributed by atoms with van der Waals surface area (Å²) in [5.74, 6) is -0.782. The third-order valence-corrected chi connectivity index (χ3v) is 8.65. The summed E-state index contributed by atoms with van der Waals surface area (Å²) in [6.45, 7) is 0.656. The first-order valence-electron chi connectivity index (χ1n) is 11.6. The van der Waals surface area contributed by atoms with Crippen molar-refractivity contribution in [2.24, 2.45) is 0 Å². The Morgan fingerprint density at radius 1 is 1.06 bits per heavy atom. The number of hydrogen-bond acceptors (Lipinski definition) is 6. The molecule has 2 aromatic carbocycles. The maximum Gasteiger partial charge on any atom is 0.278 e. The molecule has 4 aliphatic rings. The highest BCUT2D eigenvalue weighted by molar-refractivity contribution is 7.98. The monoisotopic (exact) mass is 491 g/mol. The summed E-state index contributed by atoms with van der Waals surface area (Å²) in [7, 11) is 0. The van der Waals surface area contributed by atoms with Crippen molar-refractivity contribution in [3.8, 4) is 5.75 Å². The van der Waals surface area contributed by atoms with Crippen molar-refractivity contribution < 1.29 is 19.0 Å². The summed E-state index contributed by atoms with van der Waals surface area (Å²) < 4.78 is 23.0. The minimum absolute atomic E-state index is 0.0706. The average Bonchev–Trinajstić information content (AvgIpc) is 3.64. The minimum Gasteiger partial charge on any atom is -0.502 e. The van der Waals surface area contributed by atoms with Gasteiger partial charge in [-0.1, -0.05) is 30.3 Å². The lowest BCUT2D eigenvalue weighted by Crippen LogP contribution is -2.68. The number of nitrogens with zero attached hydrogens (tertiary/aromatic N) is 3. The zero-order valence-electron chi connectivity index (χ0n) is 18.7. The van der Waals surface area contributed by atoms with Crippen LogP contribution < -0.4 is 10.4 Å². The molecular formula is C26H22FN3O4S. The number of morpholine rings is 1. The average molecular weight is 492 g/mol. The van der Waals surface area contributed by atoms with Crippen LogP contribution in [0.1, 0.15) is 46.1 Å². The van der Waals surface area contributed by atoms with E-state index in [9.17, 15) is 14.7 Å². The number of carbonyl (C=O) groups is 1. The lowest BCUT2D eigenvalue weighted by atomic mass is 9.93. The second-order valence-corrected chi connectivity index (χ2v) is 10.6. The fourth-order valence-electron chi connectivity index (χ4n) is 5.58. The van der Waals surface area contributed by atoms with Crippen molar-refractivity contribution >= 4 is 17.7 Å². The molecular weight excluding hydrogens is 469 g/mol. The molecule has 7 rings (SSSR count). The second kappa shape index (κ2) is 7.35. The zero-order chi connectivity index (χ0) is 23.9. The van der Waals surface area contributed by atoms with Gasteiger partial charge in [0.2, 0.25) is 5.43 Å². The van der Waals surface area contributed by atoms with Crippen LogP contribution in [0.25, 0.3) is 0 Å². The third kappa shape index (κ3) is 3.01. The van der Waals surface area contributed by atoms with Gasteiger partial charge in [0.15, 0.2) is 11.4 Å². The number of halogens is 1. The highest BCUT2D eigenvalue weighted by Gasteiger charge is 2.55. The molecule has 178 valence electrons. The number of amides is 1. The molecule has 1 aliphatic carbocycles. The predicted octanol–water partition coefficient (Wildman–Crippen LogP) is 3.37. The van der Waals surface area contributed by atoms with Crippen LogP contribution in [-0.4, -0.2) is 45.5 Å². The standard InChI is InChI=1S/C26H22FN3O4S/c27-18-6-3-5-15-17(18)13-35-20-7-2-1-4-16(20)22(15)30-21-12-34-26(9-10-26)14-28(21)25(33)23-24(32)19(31)8-11-29(23)30/h1-8,11,21-22,32H,9-10,12-14H2/t21-,22+/m1/s1. The molecule has 9 heteroatoms. The Hall–Kier alpha value is -3.30. The molecule has 0 unspecified atom stereocenters. The Labute approximate surface area is 204 Å². The van der Waals surface area contributed by atoms with E-state index in [1.165, 1.54) is 18.3 Å². The number of rotatable bonds is 1. The van der Waals surface area contributed by atoms with Gasteiger partial charge in [0.25, 0.3) is 5.91 Å². The Bertz CT molecular complexity index is 1450. The van der Waals surface area contributed by atoms with E-state index in [2.05, 4.69) is 0 Å². The van der Waals surface area contributed by atoms with E-state index in [0.29, 0.717) is 17.9 Å². The van der Waals surface area contributed by atoms with Crippen LogP contribution in [0.5, 0.6) is 5.75 Å². The van der Waals surface area contributed by atoms with Crippen molar-refractivity contribution in [3.63, 3.8) is 0 Å². The van der Waals surface area contributed by atoms with E-state index in [1.54, 1.807) is 27.4 Å². The van der Waals surface area contributed by atoms with Gasteiger partial charge in [-0.3, -0.25) is 19.3 Å². The molecule has 1 amide bonds. The summed E-state index contributed by atoms with van der Waals surface area (Å²) in [4.78, 5) is 28.8. The first-order chi connectivity index (χ1) is 17.0. The molecule has 1 spiro atoms. The molecule has 3 aliphatic heterocycles. The van der Waals surface area contributed by atoms with Gasteiger partial charge in [0.05, 0.1) is 24.8 Å². The number of aromatic nitrogens is 1. The van der Waals surface area contributed by atoms with Crippen molar-refractivity contribution in [1.82, 2.24) is 9.58 Å². The Morgan fingerprint density at radius 3 is 2.69 bits per heavy atom. The molecule has 0 radical (unpaired) electrons. The Balaban J connectivity index is 1.51. The maximum absolute atomic E-state index is 15.1. The van der Waals surface area contributed by atoms with Gasteiger partial charge in [-0.15, -0.1) is 11.8 Å². The number of ether oxygens (including phenoxy) is 1. The number of hydrogen-bond donors (Lipinski definition) is 1. The maximum atomic E-state index is 15.1. The molecule has 2 atom stereocenters. The van der Waals surface area contributed by atoms with Crippen LogP contribution in [0, 0.1) is 5.82 Å². The van der Waals surface area contributed by atoms with Crippen molar-refractivity contribution in [2.45, 2.75) is 41.3 Å². The molecule has 0 bridgehead atoms. The van der Waals surface area contributed by atoms with Crippen LogP contribution in [0.4, 0.5) is 4.39 Å². The van der Waals surface area contributed by atoms with E-state index in [1.807, 2.05) is 35.3 Å². The summed E-state index contributed by atoms with van der Waals surface area (Å²) in [6.07, 6.45) is 2.76. The normalized spacial score (nSPS) is 23.7. The summed E-state index contributed by atoms with van der Waals surface area (Å²) in [6, 6.07) is 13.8. The fourth-order valence-corrected chi connectivity index (χ4v) is 6.71. The van der Waals surface area contributed by atoms with Crippen LogP contribution in [0.15, 0.2) is 64.4 Å². The molecule has 1 N–H and O–H groups in total. The third-order valence-electron chi connectivity index (χ3n) is 7.54. The smallest absolute Gasteiger partial charge is 0.278 e. The lowest BCUT2D eigenvalue weighted by Gasteiger charge is -2.53. The predicted molar refractivity (Wildman–Crippen MR) is 128 cm³/mol. The largest absolute Gasteiger partial charge is 0.502 e. The van der Waals surface area contributed by atoms with Gasteiger partial charge >= 0.3 is 0 Å². The second-order valence-electron chi connectivity index (χ2n) is 9.55. The number of aromatic hydroxyl groups is 1. The highest BCUT2D eigenvalue weighted by Crippen LogP contribution is 2.48. The topological polar surface area (TPSA) is 75.0 Å². The van der Waals surface area contributed by atoms with Crippen LogP contribution >= 0.6 is 11.8 Å². The van der Waals surface area contributed by atoms with Gasteiger partial charge in [-0.05, 0) is 36.1 Å². The Morgan fingerprint density at radius 2 is 1.86 bits per heavy atom. The van der Waals surface area contributed by atoms with Crippen molar-refractivity contribution in [1.29, 1.82) is 0 Å². The first-order valence-corrected chi connectivity index (χ1v) is 12.6. The van der Waals surface area contributed by atoms with Gasteiger partial charge in [-0.2, -0.15) is 0 Å². The number of thioether (sulfide) groups is 1. The molecule has 1 saturated heterocycles. The Kier molecular flexibility index (Phi) is 4.41. The zero-order valence-corrected chi connectivity index (χ0v) is 19.5. The van der Waals surface area contributed by atoms with Crippen molar-refractivity contribution in [3.05, 3.63) is 93.2 Å². The summed E-state index contributed by atoms with van der Waals surface area (Å²) in [5, 5.41) is 12.7. The van der Waals surface area contributed by atoms with Gasteiger partial charge in [-0.25, -0.2) is 4.39 Å². The lowest BCUT2D eigenvalue weighted by molar-refractivity contribution is -0.0790. The molecule has 1 aromatic heterocycles. The molecule has 7 nitrogen and oxygen atoms in total. The molecule has 4 heterocycles. The van der Waals surface area contributed by atoms with E-state index >= 15 is 4.39 Å². The highest BCUT2D eigenvalue weighted by atomic mass is 32.2. The summed E-state index contributed by atoms with van der Waals surface area (Å²) in [5.41, 5.74) is 1.31. The van der Waals surface area contributed by atoms with E-state index in [-0.39, 0.29) is 23.7 Å². The van der Waals surface area contributed by atoms with E-state index in [0.717, 1.165) is 28.9 Å². The first kappa shape index (κ1) is 21.0. The van der Waals surface area contributed by atoms with Gasteiger partial charge < -0.3 is 14.7 Å². The number of pyridine rings is 1. The molecule has 2 fully saturated rings. The summed E-state index contributed by atoms with van der Waals surface area (Å²) >= 11 is 1.57. The van der Waals surface area contributed by atoms with Gasteiger partial charge in [0.1, 0.15) is 12.0 Å². The van der Waals surface area contributed by atoms with E-state index < -0.39 is 29.3 Å². The fraction of sp³-hybridized carbons (Fsp3) is 0.308. The van der Waals surface area contributed by atoms with Gasteiger partial charge in [0, 0.05) is 28.5 Å². The number of fused-ring (bicyclic) bond motifs is 4. The van der Waals surface area contributed by atoms with Crippen LogP contribution in [0.2, 0.25) is 0 Å². The van der Waals surface area contributed by atoms with Crippen molar-refractivity contribution in [2.75, 3.05) is 18.2 Å². The van der Waals surface area contributed by atoms with Crippen LogP contribution in [0.3, 0.4) is 0 Å². The molecule has 1 saturated carbocycles. The van der Waals surface area contributed by atoms with Crippen LogP contribution in [-0.2, 0) is 10.5 Å². The number of benzene rings is 2. The van der Waals surface area contributed by atoms with E-state index in [4.69, 9.17) is 4.74 Å². The molecule has 35 heavy (non-hydrogen) atoms. The SMILES string of the molecule is O=C1c2c(O)c(=O)ccn2N([C@@H]2c3ccccc3SCc3c(F)cccc32)[C@@H]2COC3(CC3)CN12. The molecule has 3 aromatic rings. The quantitative estimate of drug-likeness (QED) is 0.563. The minimum atomic E-state index is -0.610.